The Balaban J connectivity index is 0.00000144. The molecule has 0 radical (unpaired) electrons. The van der Waals surface area contributed by atoms with Crippen LogP contribution in [0.4, 0.5) is 0 Å². The van der Waals surface area contributed by atoms with Gasteiger partial charge in [-0.15, -0.1) is 0 Å². The molecule has 6 nitrogen and oxygen atoms in total. The average molecular weight is 182 g/mol. The van der Waals surface area contributed by atoms with Crippen LogP contribution in [0.3, 0.4) is 0 Å². The predicted molar refractivity (Wildman–Crippen MR) is 43.6 cm³/mol. The summed E-state index contributed by atoms with van der Waals surface area (Å²) in [6.45, 7) is 0. The van der Waals surface area contributed by atoms with Crippen LogP contribution in [0.2, 0.25) is 0 Å². The molecule has 0 spiro atoms. The number of hydrogen-bond donors (Lipinski definition) is 6. The summed E-state index contributed by atoms with van der Waals surface area (Å²) < 4.78 is 0. The van der Waals surface area contributed by atoms with Crippen LogP contribution in [0.25, 0.3) is 0 Å². The number of hydrogen-bond acceptors (Lipinski definition) is 6. The average Bonchev–Trinajstić information content (AvgIpc) is 2.08. The summed E-state index contributed by atoms with van der Waals surface area (Å²) in [5.41, 5.74) is 0. The summed E-state index contributed by atoms with van der Waals surface area (Å²) in [5.74, 6) is -6.57. The summed E-state index contributed by atoms with van der Waals surface area (Å²) in [5, 5.41) is 52.6. The zero-order valence-corrected chi connectivity index (χ0v) is 5.68. The maximum absolute atomic E-state index is 8.76. The van der Waals surface area contributed by atoms with Crippen molar-refractivity contribution < 1.29 is 30.6 Å². The third-order valence-corrected chi connectivity index (χ3v) is 1.35. The molecule has 0 aliphatic rings. The number of rotatable bonds is 0. The molecule has 0 fully saturated rings. The van der Waals surface area contributed by atoms with E-state index >= 15 is 0 Å². The topological polar surface area (TPSA) is 121 Å². The molecule has 0 aromatic heterocycles. The van der Waals surface area contributed by atoms with E-state index in [1.165, 1.54) is 0 Å². The van der Waals surface area contributed by atoms with Gasteiger partial charge >= 0.3 is 18.9 Å². The number of phenolic OH excluding ortho intramolecular Hbond substituents is 6. The molecule has 0 aliphatic carbocycles. The Bertz CT molecular complexity index is 231. The minimum absolute atomic E-state index is 0. The van der Waals surface area contributed by atoms with Crippen molar-refractivity contribution in [1.29, 1.82) is 0 Å². The van der Waals surface area contributed by atoms with E-state index in [0.717, 1.165) is 0 Å². The molecule has 0 bridgehead atoms. The fourth-order valence-electron chi connectivity index (χ4n) is 0.673. The molecule has 0 saturated carbocycles. The van der Waals surface area contributed by atoms with Crippen LogP contribution in [0.1, 0.15) is 0 Å². The standard InChI is InChI=1S/C6H6O6.Li.H/c7-1-2(8)4(10)6(12)5(11)3(1)9;;/h7-12H;;. The van der Waals surface area contributed by atoms with Gasteiger partial charge in [-0.25, -0.2) is 0 Å². The zero-order chi connectivity index (χ0) is 9.46. The van der Waals surface area contributed by atoms with E-state index in [1.807, 2.05) is 0 Å². The van der Waals surface area contributed by atoms with Gasteiger partial charge in [0.2, 0.25) is 34.5 Å². The van der Waals surface area contributed by atoms with Crippen molar-refractivity contribution >= 4 is 18.9 Å². The van der Waals surface area contributed by atoms with Crippen LogP contribution in [-0.4, -0.2) is 49.5 Å². The van der Waals surface area contributed by atoms with Gasteiger partial charge < -0.3 is 30.6 Å². The Hall–Kier alpha value is -1.38. The third kappa shape index (κ3) is 1.54. The number of phenols is 6. The first kappa shape index (κ1) is 11.6. The van der Waals surface area contributed by atoms with Crippen LogP contribution < -0.4 is 0 Å². The quantitative estimate of drug-likeness (QED) is 0.179. The maximum atomic E-state index is 8.76. The van der Waals surface area contributed by atoms with Gasteiger partial charge in [0.25, 0.3) is 0 Å². The molecule has 0 atom stereocenters. The second kappa shape index (κ2) is 3.56. The molecular formula is C6H7LiO6. The molecule has 68 valence electrons. The third-order valence-electron chi connectivity index (χ3n) is 1.35. The van der Waals surface area contributed by atoms with Crippen molar-refractivity contribution in [3.8, 4) is 34.5 Å². The molecule has 0 unspecified atom stereocenters. The molecule has 13 heavy (non-hydrogen) atoms. The van der Waals surface area contributed by atoms with Gasteiger partial charge in [-0.3, -0.25) is 0 Å². The minimum atomic E-state index is -1.09. The fraction of sp³-hybridized carbons (Fsp3) is 0. The van der Waals surface area contributed by atoms with Crippen molar-refractivity contribution in [3.63, 3.8) is 0 Å². The Kier molecular flexibility index (Phi) is 3.18. The molecule has 1 aromatic carbocycles. The number of benzene rings is 1. The summed E-state index contributed by atoms with van der Waals surface area (Å²) >= 11 is 0. The van der Waals surface area contributed by atoms with E-state index in [0.29, 0.717) is 0 Å². The molecule has 0 aliphatic heterocycles. The molecule has 0 saturated heterocycles. The van der Waals surface area contributed by atoms with Crippen molar-refractivity contribution in [2.75, 3.05) is 0 Å². The molecule has 1 rings (SSSR count). The van der Waals surface area contributed by atoms with Crippen LogP contribution in [0.15, 0.2) is 0 Å². The molecule has 0 heterocycles. The van der Waals surface area contributed by atoms with Gasteiger partial charge in [-0.05, 0) is 0 Å². The molecule has 6 N–H and O–H groups in total. The van der Waals surface area contributed by atoms with Crippen molar-refractivity contribution in [3.05, 3.63) is 0 Å². The summed E-state index contributed by atoms with van der Waals surface area (Å²) in [6, 6.07) is 0. The molecule has 1 aromatic rings. The first-order valence-corrected chi connectivity index (χ1v) is 2.84. The van der Waals surface area contributed by atoms with Crippen molar-refractivity contribution in [2.45, 2.75) is 0 Å². The van der Waals surface area contributed by atoms with E-state index in [1.54, 1.807) is 0 Å². The van der Waals surface area contributed by atoms with Crippen LogP contribution in [0.5, 0.6) is 34.5 Å². The van der Waals surface area contributed by atoms with E-state index in [9.17, 15) is 0 Å². The van der Waals surface area contributed by atoms with Gasteiger partial charge in [-0.2, -0.15) is 0 Å². The predicted octanol–water partition coefficient (Wildman–Crippen LogP) is -0.728. The van der Waals surface area contributed by atoms with Crippen molar-refractivity contribution in [1.82, 2.24) is 0 Å². The molecule has 7 heteroatoms. The van der Waals surface area contributed by atoms with E-state index in [-0.39, 0.29) is 18.9 Å². The Morgan fingerprint density at radius 2 is 0.462 bits per heavy atom. The van der Waals surface area contributed by atoms with E-state index in [4.69, 9.17) is 30.6 Å². The van der Waals surface area contributed by atoms with Crippen LogP contribution in [0, 0.1) is 0 Å². The number of aromatic hydroxyl groups is 6. The van der Waals surface area contributed by atoms with Gasteiger partial charge in [0.1, 0.15) is 0 Å². The normalized spacial score (nSPS) is 9.23. The Morgan fingerprint density at radius 3 is 0.538 bits per heavy atom. The van der Waals surface area contributed by atoms with E-state index < -0.39 is 34.5 Å². The first-order valence-electron chi connectivity index (χ1n) is 2.84. The fourth-order valence-corrected chi connectivity index (χ4v) is 0.673. The Labute approximate surface area is 84.5 Å². The summed E-state index contributed by atoms with van der Waals surface area (Å²) in [7, 11) is 0. The first-order chi connectivity index (χ1) is 5.46. The van der Waals surface area contributed by atoms with Crippen LogP contribution in [-0.2, 0) is 0 Å². The second-order valence-electron chi connectivity index (χ2n) is 2.09. The van der Waals surface area contributed by atoms with Gasteiger partial charge in [0.05, 0.1) is 0 Å². The van der Waals surface area contributed by atoms with E-state index in [2.05, 4.69) is 0 Å². The van der Waals surface area contributed by atoms with Gasteiger partial charge in [-0.1, -0.05) is 0 Å². The molecular weight excluding hydrogens is 175 g/mol. The van der Waals surface area contributed by atoms with Gasteiger partial charge in [0, 0.05) is 0 Å². The van der Waals surface area contributed by atoms with Crippen LogP contribution >= 0.6 is 0 Å². The zero-order valence-electron chi connectivity index (χ0n) is 5.68. The van der Waals surface area contributed by atoms with Crippen molar-refractivity contribution in [2.24, 2.45) is 0 Å². The van der Waals surface area contributed by atoms with Gasteiger partial charge in [0.15, 0.2) is 0 Å². The SMILES string of the molecule is Oc1c(O)c(O)c(O)c(O)c1O.[LiH]. The summed E-state index contributed by atoms with van der Waals surface area (Å²) in [6.07, 6.45) is 0. The monoisotopic (exact) mass is 182 g/mol. The molecule has 0 amide bonds. The second-order valence-corrected chi connectivity index (χ2v) is 2.09. The summed E-state index contributed by atoms with van der Waals surface area (Å²) in [4.78, 5) is 0. The Morgan fingerprint density at radius 1 is 0.385 bits per heavy atom.